The normalized spacial score (nSPS) is 24.5. The van der Waals surface area contributed by atoms with Gasteiger partial charge in [-0.2, -0.15) is 0 Å². The fraction of sp³-hybridized carbons (Fsp3) is 0.526. The van der Waals surface area contributed by atoms with Crippen LogP contribution in [0, 0.1) is 6.92 Å². The Balaban J connectivity index is 1.19. The number of aryl methyl sites for hydroxylation is 1. The zero-order chi connectivity index (χ0) is 21.4. The van der Waals surface area contributed by atoms with Crippen LogP contribution in [0.25, 0.3) is 0 Å². The summed E-state index contributed by atoms with van der Waals surface area (Å²) in [6, 6.07) is 7.43. The summed E-state index contributed by atoms with van der Waals surface area (Å²) in [5.74, 6) is 0.785. The lowest BCUT2D eigenvalue weighted by Crippen LogP contribution is -2.77. The van der Waals surface area contributed by atoms with Gasteiger partial charge in [0.1, 0.15) is 12.4 Å². The molecule has 0 radical (unpaired) electrons. The second-order valence-electron chi connectivity index (χ2n) is 7.76. The molecule has 1 aromatic heterocycles. The van der Waals surface area contributed by atoms with E-state index in [2.05, 4.69) is 20.3 Å². The molecule has 0 atom stereocenters. The van der Waals surface area contributed by atoms with Gasteiger partial charge >= 0.3 is 12.4 Å². The third-order valence-corrected chi connectivity index (χ3v) is 5.26. The first-order valence-corrected chi connectivity index (χ1v) is 9.35. The molecule has 1 amide bonds. The summed E-state index contributed by atoms with van der Waals surface area (Å²) in [4.78, 5) is 12.2. The number of aromatic nitrogens is 2. The second kappa shape index (κ2) is 7.46. The molecule has 11 heteroatoms. The molecule has 162 valence electrons. The Kier molecular flexibility index (Phi) is 5.08. The summed E-state index contributed by atoms with van der Waals surface area (Å²) in [7, 11) is 0. The van der Waals surface area contributed by atoms with E-state index in [1.165, 1.54) is 0 Å². The zero-order valence-electron chi connectivity index (χ0n) is 16.1. The van der Waals surface area contributed by atoms with Crippen LogP contribution in [0.1, 0.15) is 30.7 Å². The van der Waals surface area contributed by atoms with Crippen LogP contribution in [0.4, 0.5) is 13.2 Å². The number of rotatable bonds is 9. The van der Waals surface area contributed by atoms with Crippen molar-refractivity contribution in [2.24, 2.45) is 0 Å². The van der Waals surface area contributed by atoms with Gasteiger partial charge in [-0.3, -0.25) is 9.53 Å². The maximum Gasteiger partial charge on any atom is 0.522 e. The standard InChI is InChI=1S/C19H20F3N3O5/c1-12-2-4-13(5-3-12)28-8-14(26)23-18-9-17(10-18,11-18)15-24-25-16(30-15)27-6-7-29-19(20,21)22/h2-5H,6-11H2,1H3,(H,23,26). The van der Waals surface area contributed by atoms with E-state index < -0.39 is 13.0 Å². The van der Waals surface area contributed by atoms with Crippen LogP contribution in [0.5, 0.6) is 11.8 Å². The summed E-state index contributed by atoms with van der Waals surface area (Å²) in [5, 5.41) is 10.6. The van der Waals surface area contributed by atoms with Gasteiger partial charge in [0.05, 0.1) is 12.0 Å². The Morgan fingerprint density at radius 3 is 2.50 bits per heavy atom. The summed E-state index contributed by atoms with van der Waals surface area (Å²) >= 11 is 0. The van der Waals surface area contributed by atoms with Crippen LogP contribution in [0.2, 0.25) is 0 Å². The molecule has 0 spiro atoms. The van der Waals surface area contributed by atoms with Gasteiger partial charge in [0.2, 0.25) is 5.89 Å². The molecule has 5 rings (SSSR count). The molecule has 0 aliphatic heterocycles. The second-order valence-corrected chi connectivity index (χ2v) is 7.76. The summed E-state index contributed by atoms with van der Waals surface area (Å²) in [6.45, 7) is 0.855. The number of amides is 1. The van der Waals surface area contributed by atoms with Crippen molar-refractivity contribution in [1.29, 1.82) is 0 Å². The van der Waals surface area contributed by atoms with Crippen molar-refractivity contribution in [1.82, 2.24) is 15.5 Å². The van der Waals surface area contributed by atoms with Crippen molar-refractivity contribution in [3.63, 3.8) is 0 Å². The molecule has 3 aliphatic rings. The molecule has 0 unspecified atom stereocenters. The summed E-state index contributed by atoms with van der Waals surface area (Å²) < 4.78 is 55.2. The van der Waals surface area contributed by atoms with Crippen LogP contribution in [-0.4, -0.2) is 47.8 Å². The van der Waals surface area contributed by atoms with Gasteiger partial charge in [-0.25, -0.2) is 0 Å². The van der Waals surface area contributed by atoms with Crippen molar-refractivity contribution in [2.45, 2.75) is 43.5 Å². The van der Waals surface area contributed by atoms with Crippen LogP contribution in [-0.2, 0) is 14.9 Å². The minimum absolute atomic E-state index is 0.0731. The quantitative estimate of drug-likeness (QED) is 0.615. The Morgan fingerprint density at radius 1 is 1.13 bits per heavy atom. The molecule has 3 saturated carbocycles. The minimum Gasteiger partial charge on any atom is -0.484 e. The fourth-order valence-electron chi connectivity index (χ4n) is 4.03. The first-order valence-electron chi connectivity index (χ1n) is 9.35. The highest BCUT2D eigenvalue weighted by Gasteiger charge is 2.71. The lowest BCUT2D eigenvalue weighted by atomic mass is 9.39. The number of carbonyl (C=O) groups excluding carboxylic acids is 1. The van der Waals surface area contributed by atoms with E-state index in [1.807, 2.05) is 31.2 Å². The average Bonchev–Trinajstić information content (AvgIpc) is 3.08. The molecule has 2 aromatic rings. The van der Waals surface area contributed by atoms with E-state index in [-0.39, 0.29) is 36.2 Å². The molecule has 0 saturated heterocycles. The smallest absolute Gasteiger partial charge is 0.484 e. The third-order valence-electron chi connectivity index (χ3n) is 5.26. The maximum absolute atomic E-state index is 12.2. The van der Waals surface area contributed by atoms with Crippen molar-refractivity contribution in [2.75, 3.05) is 19.8 Å². The summed E-state index contributed by atoms with van der Waals surface area (Å²) in [6.07, 6.45) is -2.97. The van der Waals surface area contributed by atoms with E-state index in [0.29, 0.717) is 30.9 Å². The highest BCUT2D eigenvalue weighted by atomic mass is 19.4. The van der Waals surface area contributed by atoms with Crippen molar-refractivity contribution in [3.05, 3.63) is 35.7 Å². The molecule has 30 heavy (non-hydrogen) atoms. The Bertz CT molecular complexity index is 893. The Hall–Kier alpha value is -2.82. The fourth-order valence-corrected chi connectivity index (χ4v) is 4.03. The molecule has 1 aromatic carbocycles. The van der Waals surface area contributed by atoms with Gasteiger partial charge in [-0.05, 0) is 38.3 Å². The monoisotopic (exact) mass is 427 g/mol. The topological polar surface area (TPSA) is 95.7 Å². The number of halogens is 3. The molecule has 8 nitrogen and oxygen atoms in total. The van der Waals surface area contributed by atoms with Gasteiger partial charge in [0, 0.05) is 5.54 Å². The maximum atomic E-state index is 12.2. The molecule has 1 N–H and O–H groups in total. The van der Waals surface area contributed by atoms with E-state index in [4.69, 9.17) is 13.9 Å². The highest BCUT2D eigenvalue weighted by molar-refractivity contribution is 5.79. The first kappa shape index (κ1) is 20.5. The lowest BCUT2D eigenvalue weighted by Gasteiger charge is -2.68. The molecule has 3 aliphatic carbocycles. The van der Waals surface area contributed by atoms with Crippen molar-refractivity contribution < 1.29 is 36.6 Å². The molecular formula is C19H20F3N3O5. The third kappa shape index (κ3) is 4.35. The van der Waals surface area contributed by atoms with Crippen LogP contribution >= 0.6 is 0 Å². The average molecular weight is 427 g/mol. The number of carbonyl (C=O) groups is 1. The number of alkyl halides is 3. The van der Waals surface area contributed by atoms with Crippen molar-refractivity contribution >= 4 is 5.91 Å². The van der Waals surface area contributed by atoms with Gasteiger partial charge in [-0.15, -0.1) is 18.3 Å². The summed E-state index contributed by atoms with van der Waals surface area (Å²) in [5.41, 5.74) is 0.488. The van der Waals surface area contributed by atoms with Crippen LogP contribution < -0.4 is 14.8 Å². The molecule has 1 heterocycles. The van der Waals surface area contributed by atoms with E-state index in [0.717, 1.165) is 5.56 Å². The first-order chi connectivity index (χ1) is 14.2. The predicted molar refractivity (Wildman–Crippen MR) is 94.9 cm³/mol. The van der Waals surface area contributed by atoms with Crippen LogP contribution in [0.3, 0.4) is 0 Å². The number of nitrogens with zero attached hydrogens (tertiary/aromatic N) is 2. The minimum atomic E-state index is -4.71. The predicted octanol–water partition coefficient (Wildman–Crippen LogP) is 2.66. The van der Waals surface area contributed by atoms with Crippen molar-refractivity contribution in [3.8, 4) is 11.8 Å². The Morgan fingerprint density at radius 2 is 1.83 bits per heavy atom. The number of hydrogen-bond acceptors (Lipinski definition) is 7. The highest BCUT2D eigenvalue weighted by Crippen LogP contribution is 2.67. The Labute approximate surface area is 169 Å². The van der Waals surface area contributed by atoms with Gasteiger partial charge in [0.25, 0.3) is 5.91 Å². The molecule has 2 bridgehead atoms. The van der Waals surface area contributed by atoms with Gasteiger partial charge in [-0.1, -0.05) is 22.8 Å². The largest absolute Gasteiger partial charge is 0.522 e. The van der Waals surface area contributed by atoms with E-state index in [9.17, 15) is 18.0 Å². The molecular weight excluding hydrogens is 407 g/mol. The number of hydrogen-bond donors (Lipinski definition) is 1. The van der Waals surface area contributed by atoms with E-state index in [1.54, 1.807) is 0 Å². The lowest BCUT2D eigenvalue weighted by molar-refractivity contribution is -0.325. The van der Waals surface area contributed by atoms with Crippen LogP contribution in [0.15, 0.2) is 28.7 Å². The van der Waals surface area contributed by atoms with E-state index >= 15 is 0 Å². The van der Waals surface area contributed by atoms with Gasteiger partial charge < -0.3 is 19.2 Å². The number of ether oxygens (including phenoxy) is 3. The van der Waals surface area contributed by atoms with Gasteiger partial charge in [0.15, 0.2) is 6.61 Å². The number of nitrogens with one attached hydrogen (secondary N) is 1. The zero-order valence-corrected chi connectivity index (χ0v) is 16.1. The SMILES string of the molecule is Cc1ccc(OCC(=O)NC23CC(c4nnc(OCCOC(F)(F)F)o4)(C2)C3)cc1. The molecule has 3 fully saturated rings. The number of benzene rings is 1.